The Hall–Kier alpha value is -0.910. The van der Waals surface area contributed by atoms with E-state index >= 15 is 0 Å². The Morgan fingerprint density at radius 1 is 1.58 bits per heavy atom. The van der Waals surface area contributed by atoms with E-state index in [-0.39, 0.29) is 10.3 Å². The second kappa shape index (κ2) is 3.22. The molecule has 1 aromatic rings. The van der Waals surface area contributed by atoms with Gasteiger partial charge < -0.3 is 10.8 Å². The molecule has 0 aliphatic carbocycles. The molecule has 0 radical (unpaired) electrons. The van der Waals surface area contributed by atoms with Crippen LogP contribution in [0.1, 0.15) is 12.0 Å². The Morgan fingerprint density at radius 3 is 2.58 bits per heavy atom. The molecular formula is C6H5BrF2N2O. The van der Waals surface area contributed by atoms with Gasteiger partial charge >= 0.3 is 0 Å². The van der Waals surface area contributed by atoms with Gasteiger partial charge in [0.25, 0.3) is 6.43 Å². The third kappa shape index (κ3) is 1.47. The smallest absolute Gasteiger partial charge is 0.269 e. The number of nitrogens with two attached hydrogens (primary N) is 1. The summed E-state index contributed by atoms with van der Waals surface area (Å²) >= 11 is 2.80. The summed E-state index contributed by atoms with van der Waals surface area (Å²) in [4.78, 5) is 3.53. The van der Waals surface area contributed by atoms with Crippen molar-refractivity contribution in [2.45, 2.75) is 6.43 Å². The topological polar surface area (TPSA) is 59.1 Å². The predicted molar refractivity (Wildman–Crippen MR) is 43.0 cm³/mol. The maximum atomic E-state index is 12.2. The van der Waals surface area contributed by atoms with Gasteiger partial charge in [0.1, 0.15) is 4.60 Å². The quantitative estimate of drug-likeness (QED) is 0.737. The maximum Gasteiger partial charge on any atom is 0.269 e. The molecule has 3 N–H and O–H groups in total. The van der Waals surface area contributed by atoms with Crippen LogP contribution in [0, 0.1) is 0 Å². The largest absolute Gasteiger partial charge is 0.505 e. The summed E-state index contributed by atoms with van der Waals surface area (Å²) in [5, 5.41) is 9.08. The molecule has 0 atom stereocenters. The average molecular weight is 239 g/mol. The van der Waals surface area contributed by atoms with Crippen LogP contribution in [-0.4, -0.2) is 10.1 Å². The van der Waals surface area contributed by atoms with E-state index in [2.05, 4.69) is 20.9 Å². The molecule has 0 saturated heterocycles. The number of nitrogens with zero attached hydrogens (tertiary/aromatic N) is 1. The van der Waals surface area contributed by atoms with Crippen molar-refractivity contribution < 1.29 is 13.9 Å². The van der Waals surface area contributed by atoms with Gasteiger partial charge in [-0.1, -0.05) is 0 Å². The molecule has 12 heavy (non-hydrogen) atoms. The molecule has 0 aliphatic rings. The average Bonchev–Trinajstić information content (AvgIpc) is 1.97. The van der Waals surface area contributed by atoms with Crippen LogP contribution in [0.4, 0.5) is 14.5 Å². The second-order valence-electron chi connectivity index (χ2n) is 2.07. The number of aromatic hydroxyl groups is 1. The zero-order valence-corrected chi connectivity index (χ0v) is 7.35. The minimum Gasteiger partial charge on any atom is -0.505 e. The van der Waals surface area contributed by atoms with Crippen LogP contribution in [0.2, 0.25) is 0 Å². The SMILES string of the molecule is Nc1cnc(Br)c(O)c1C(F)F. The van der Waals surface area contributed by atoms with Gasteiger partial charge in [-0.3, -0.25) is 0 Å². The van der Waals surface area contributed by atoms with Gasteiger partial charge in [0.2, 0.25) is 0 Å². The minimum absolute atomic E-state index is 0.0352. The molecule has 0 aromatic carbocycles. The van der Waals surface area contributed by atoms with Crippen LogP contribution in [0.5, 0.6) is 5.75 Å². The van der Waals surface area contributed by atoms with Gasteiger partial charge in [-0.25, -0.2) is 13.8 Å². The molecule has 0 fully saturated rings. The molecule has 1 heterocycles. The summed E-state index contributed by atoms with van der Waals surface area (Å²) in [6.07, 6.45) is -1.74. The number of pyridine rings is 1. The van der Waals surface area contributed by atoms with Crippen molar-refractivity contribution in [3.05, 3.63) is 16.4 Å². The molecular weight excluding hydrogens is 234 g/mol. The van der Waals surface area contributed by atoms with E-state index in [9.17, 15) is 8.78 Å². The lowest BCUT2D eigenvalue weighted by Gasteiger charge is -2.06. The van der Waals surface area contributed by atoms with Crippen molar-refractivity contribution in [3.63, 3.8) is 0 Å². The summed E-state index contributed by atoms with van der Waals surface area (Å²) < 4.78 is 24.3. The van der Waals surface area contributed by atoms with E-state index in [0.717, 1.165) is 6.20 Å². The third-order valence-electron chi connectivity index (χ3n) is 1.30. The predicted octanol–water partition coefficient (Wildman–Crippen LogP) is 2.07. The first-order valence-electron chi connectivity index (χ1n) is 2.95. The van der Waals surface area contributed by atoms with Gasteiger partial charge in [-0.15, -0.1) is 0 Å². The summed E-state index contributed by atoms with van der Waals surface area (Å²) in [5.74, 6) is -0.606. The maximum absolute atomic E-state index is 12.2. The zero-order valence-electron chi connectivity index (χ0n) is 5.76. The summed E-state index contributed by atoms with van der Waals surface area (Å²) in [5.41, 5.74) is 4.36. The number of aromatic nitrogens is 1. The second-order valence-corrected chi connectivity index (χ2v) is 2.82. The Kier molecular flexibility index (Phi) is 2.46. The molecule has 66 valence electrons. The van der Waals surface area contributed by atoms with E-state index < -0.39 is 17.7 Å². The van der Waals surface area contributed by atoms with E-state index in [1.165, 1.54) is 0 Å². The van der Waals surface area contributed by atoms with Gasteiger partial charge in [0.15, 0.2) is 5.75 Å². The minimum atomic E-state index is -2.80. The van der Waals surface area contributed by atoms with Crippen LogP contribution in [-0.2, 0) is 0 Å². The van der Waals surface area contributed by atoms with Crippen LogP contribution in [0.25, 0.3) is 0 Å². The normalized spacial score (nSPS) is 10.7. The standard InChI is InChI=1S/C6H5BrF2N2O/c7-5-4(12)3(6(8)9)2(10)1-11-5/h1,6,12H,10H2. The molecule has 6 heteroatoms. The van der Waals surface area contributed by atoms with Gasteiger partial charge in [-0.2, -0.15) is 0 Å². The van der Waals surface area contributed by atoms with Crippen molar-refractivity contribution in [1.29, 1.82) is 0 Å². The number of hydrogen-bond acceptors (Lipinski definition) is 3. The zero-order chi connectivity index (χ0) is 9.30. The van der Waals surface area contributed by atoms with Crippen molar-refractivity contribution in [1.82, 2.24) is 4.98 Å². The molecule has 0 spiro atoms. The molecule has 0 bridgehead atoms. The van der Waals surface area contributed by atoms with Crippen molar-refractivity contribution in [2.75, 3.05) is 5.73 Å². The monoisotopic (exact) mass is 238 g/mol. The van der Waals surface area contributed by atoms with E-state index in [1.807, 2.05) is 0 Å². The number of nitrogen functional groups attached to an aromatic ring is 1. The Bertz CT molecular complexity index is 306. The molecule has 1 aromatic heterocycles. The lowest BCUT2D eigenvalue weighted by Crippen LogP contribution is -1.97. The highest BCUT2D eigenvalue weighted by Crippen LogP contribution is 2.36. The molecule has 0 saturated carbocycles. The number of alkyl halides is 2. The number of hydrogen-bond donors (Lipinski definition) is 2. The number of rotatable bonds is 1. The van der Waals surface area contributed by atoms with Crippen LogP contribution in [0.15, 0.2) is 10.8 Å². The van der Waals surface area contributed by atoms with E-state index in [1.54, 1.807) is 0 Å². The first-order valence-corrected chi connectivity index (χ1v) is 3.74. The Labute approximate surface area is 75.3 Å². The van der Waals surface area contributed by atoms with Gasteiger partial charge in [0, 0.05) is 0 Å². The third-order valence-corrected chi connectivity index (χ3v) is 1.88. The van der Waals surface area contributed by atoms with Crippen LogP contribution < -0.4 is 5.73 Å². The lowest BCUT2D eigenvalue weighted by molar-refractivity contribution is 0.148. The highest BCUT2D eigenvalue weighted by molar-refractivity contribution is 9.10. The number of halogens is 3. The van der Waals surface area contributed by atoms with Crippen LogP contribution >= 0.6 is 15.9 Å². The lowest BCUT2D eigenvalue weighted by atomic mass is 10.2. The molecule has 0 unspecified atom stereocenters. The fourth-order valence-electron chi connectivity index (χ4n) is 0.734. The Morgan fingerprint density at radius 2 is 2.17 bits per heavy atom. The van der Waals surface area contributed by atoms with Gasteiger partial charge in [0.05, 0.1) is 17.4 Å². The van der Waals surface area contributed by atoms with Crippen LogP contribution in [0.3, 0.4) is 0 Å². The highest BCUT2D eigenvalue weighted by Gasteiger charge is 2.19. The molecule has 1 rings (SSSR count). The van der Waals surface area contributed by atoms with Crippen molar-refractivity contribution >= 4 is 21.6 Å². The summed E-state index contributed by atoms with van der Waals surface area (Å²) in [6.45, 7) is 0. The van der Waals surface area contributed by atoms with E-state index in [0.29, 0.717) is 0 Å². The van der Waals surface area contributed by atoms with Crippen molar-refractivity contribution in [2.24, 2.45) is 0 Å². The molecule has 0 aliphatic heterocycles. The first-order chi connectivity index (χ1) is 5.54. The fourth-order valence-corrected chi connectivity index (χ4v) is 1.05. The van der Waals surface area contributed by atoms with Crippen molar-refractivity contribution in [3.8, 4) is 5.75 Å². The Balaban J connectivity index is 3.33. The molecule has 0 amide bonds. The van der Waals surface area contributed by atoms with E-state index in [4.69, 9.17) is 10.8 Å². The highest BCUT2D eigenvalue weighted by atomic mass is 79.9. The summed E-state index contributed by atoms with van der Waals surface area (Å²) in [7, 11) is 0. The molecule has 3 nitrogen and oxygen atoms in total. The number of anilines is 1. The summed E-state index contributed by atoms with van der Waals surface area (Å²) in [6, 6.07) is 0. The van der Waals surface area contributed by atoms with Gasteiger partial charge in [-0.05, 0) is 15.9 Å². The first kappa shape index (κ1) is 9.18. The fraction of sp³-hybridized carbons (Fsp3) is 0.167.